The Morgan fingerprint density at radius 1 is 1.27 bits per heavy atom. The maximum absolute atomic E-state index is 13.3. The van der Waals surface area contributed by atoms with E-state index in [9.17, 15) is 20.0 Å². The molecule has 1 aromatic heterocycles. The summed E-state index contributed by atoms with van der Waals surface area (Å²) in [7, 11) is 0. The van der Waals surface area contributed by atoms with Crippen LogP contribution in [0.3, 0.4) is 0 Å². The second kappa shape index (κ2) is 10.6. The summed E-state index contributed by atoms with van der Waals surface area (Å²) in [4.78, 5) is 26.0. The predicted molar refractivity (Wildman–Crippen MR) is 113 cm³/mol. The number of aromatic nitrogens is 1. The van der Waals surface area contributed by atoms with E-state index in [1.54, 1.807) is 24.3 Å². The zero-order valence-electron chi connectivity index (χ0n) is 17.9. The van der Waals surface area contributed by atoms with Crippen molar-refractivity contribution < 1.29 is 19.4 Å². The zero-order chi connectivity index (χ0) is 22.3. The lowest BCUT2D eigenvalue weighted by Gasteiger charge is -2.17. The fraction of sp³-hybridized carbons (Fsp3) is 0.435. The minimum Gasteiger partial charge on any atom is -0.494 e. The van der Waals surface area contributed by atoms with E-state index in [0.717, 1.165) is 11.0 Å². The Morgan fingerprint density at radius 2 is 1.97 bits per heavy atom. The second-order valence-electron chi connectivity index (χ2n) is 7.21. The van der Waals surface area contributed by atoms with Crippen LogP contribution in [0.1, 0.15) is 60.7 Å². The third kappa shape index (κ3) is 5.08. The highest BCUT2D eigenvalue weighted by Crippen LogP contribution is 2.29. The Hall–Kier alpha value is -3.11. The average molecular weight is 412 g/mol. The molecule has 7 heteroatoms. The third-order valence-electron chi connectivity index (χ3n) is 4.60. The summed E-state index contributed by atoms with van der Waals surface area (Å²) >= 11 is 0. The van der Waals surface area contributed by atoms with Gasteiger partial charge in [0.15, 0.2) is 0 Å². The van der Waals surface area contributed by atoms with Crippen molar-refractivity contribution in [2.45, 2.75) is 53.2 Å². The number of ketones is 1. The second-order valence-corrected chi connectivity index (χ2v) is 7.21. The SMILES string of the molecule is CCCOc1ccccc1C(=O)c1c(C)c(C#N)c(=O)n(CCCOC(C)C)c1O. The Bertz CT molecular complexity index is 1000. The first-order valence-corrected chi connectivity index (χ1v) is 10.1. The van der Waals surface area contributed by atoms with Gasteiger partial charge in [0.25, 0.3) is 5.56 Å². The van der Waals surface area contributed by atoms with Crippen LogP contribution in [0.4, 0.5) is 0 Å². The van der Waals surface area contributed by atoms with E-state index < -0.39 is 17.2 Å². The molecule has 2 aromatic rings. The molecule has 0 aliphatic carbocycles. The molecule has 160 valence electrons. The van der Waals surface area contributed by atoms with Crippen molar-refractivity contribution in [1.82, 2.24) is 4.57 Å². The number of nitrogens with zero attached hydrogens (tertiary/aromatic N) is 2. The maximum atomic E-state index is 13.3. The highest BCUT2D eigenvalue weighted by molar-refractivity contribution is 6.13. The lowest BCUT2D eigenvalue weighted by atomic mass is 9.96. The van der Waals surface area contributed by atoms with Crippen LogP contribution >= 0.6 is 0 Å². The topological polar surface area (TPSA) is 102 Å². The molecule has 0 aliphatic heterocycles. The van der Waals surface area contributed by atoms with Gasteiger partial charge in [0.05, 0.1) is 23.8 Å². The van der Waals surface area contributed by atoms with Crippen molar-refractivity contribution in [3.8, 4) is 17.7 Å². The van der Waals surface area contributed by atoms with Crippen LogP contribution in [0.5, 0.6) is 11.6 Å². The van der Waals surface area contributed by atoms with E-state index in [1.807, 2.05) is 26.8 Å². The van der Waals surface area contributed by atoms with Gasteiger partial charge in [0, 0.05) is 13.2 Å². The monoisotopic (exact) mass is 412 g/mol. The standard InChI is InChI=1S/C23H28N2O5/c1-5-12-30-19-10-7-6-9-17(19)21(26)20-16(4)18(14-24)22(27)25(23(20)28)11-8-13-29-15(2)3/h6-7,9-10,15,28H,5,8,11-13H2,1-4H3. The van der Waals surface area contributed by atoms with Gasteiger partial charge in [-0.15, -0.1) is 0 Å². The largest absolute Gasteiger partial charge is 0.494 e. The van der Waals surface area contributed by atoms with E-state index in [4.69, 9.17) is 9.47 Å². The summed E-state index contributed by atoms with van der Waals surface area (Å²) in [5, 5.41) is 20.3. The Labute approximate surface area is 176 Å². The van der Waals surface area contributed by atoms with Crippen LogP contribution in [-0.4, -0.2) is 34.8 Å². The minimum absolute atomic E-state index is 0.0415. The lowest BCUT2D eigenvalue weighted by Crippen LogP contribution is -2.27. The normalized spacial score (nSPS) is 10.8. The molecule has 1 N–H and O–H groups in total. The van der Waals surface area contributed by atoms with E-state index in [0.29, 0.717) is 25.4 Å². The fourth-order valence-corrected chi connectivity index (χ4v) is 3.10. The first kappa shape index (κ1) is 23.2. The zero-order valence-corrected chi connectivity index (χ0v) is 17.9. The van der Waals surface area contributed by atoms with Crippen molar-refractivity contribution >= 4 is 5.78 Å². The van der Waals surface area contributed by atoms with Gasteiger partial charge in [-0.25, -0.2) is 0 Å². The van der Waals surface area contributed by atoms with Crippen LogP contribution in [0, 0.1) is 18.3 Å². The van der Waals surface area contributed by atoms with Crippen LogP contribution in [-0.2, 0) is 11.3 Å². The van der Waals surface area contributed by atoms with Gasteiger partial charge in [-0.2, -0.15) is 5.26 Å². The highest BCUT2D eigenvalue weighted by atomic mass is 16.5. The van der Waals surface area contributed by atoms with Gasteiger partial charge >= 0.3 is 0 Å². The first-order valence-electron chi connectivity index (χ1n) is 10.1. The molecule has 2 rings (SSSR count). The number of carbonyl (C=O) groups excluding carboxylic acids is 1. The molecule has 1 aromatic carbocycles. The van der Waals surface area contributed by atoms with Crippen molar-refractivity contribution in [1.29, 1.82) is 5.26 Å². The number of nitriles is 1. The number of aromatic hydroxyl groups is 1. The van der Waals surface area contributed by atoms with Gasteiger partial charge in [0.2, 0.25) is 11.7 Å². The maximum Gasteiger partial charge on any atom is 0.271 e. The van der Waals surface area contributed by atoms with Gasteiger partial charge in [-0.1, -0.05) is 19.1 Å². The molecule has 0 fully saturated rings. The molecular weight excluding hydrogens is 384 g/mol. The quantitative estimate of drug-likeness (QED) is 0.473. The molecule has 1 heterocycles. The smallest absolute Gasteiger partial charge is 0.271 e. The van der Waals surface area contributed by atoms with Crippen molar-refractivity contribution in [2.75, 3.05) is 13.2 Å². The first-order chi connectivity index (χ1) is 14.3. The van der Waals surface area contributed by atoms with Crippen molar-refractivity contribution in [3.63, 3.8) is 0 Å². The van der Waals surface area contributed by atoms with Gasteiger partial charge < -0.3 is 14.6 Å². The van der Waals surface area contributed by atoms with Gasteiger partial charge in [-0.05, 0) is 51.3 Å². The molecule has 0 unspecified atom stereocenters. The molecule has 0 spiro atoms. The molecule has 0 radical (unpaired) electrons. The van der Waals surface area contributed by atoms with Crippen molar-refractivity contribution in [2.24, 2.45) is 0 Å². The Kier molecular flexibility index (Phi) is 8.19. The number of ether oxygens (including phenoxy) is 2. The molecule has 0 atom stereocenters. The number of para-hydroxylation sites is 1. The van der Waals surface area contributed by atoms with E-state index in [1.165, 1.54) is 6.92 Å². The number of carbonyl (C=O) groups is 1. The molecule has 30 heavy (non-hydrogen) atoms. The summed E-state index contributed by atoms with van der Waals surface area (Å²) in [6, 6.07) is 8.61. The molecular formula is C23H28N2O5. The van der Waals surface area contributed by atoms with Crippen molar-refractivity contribution in [3.05, 3.63) is 56.9 Å². The Morgan fingerprint density at radius 3 is 2.60 bits per heavy atom. The van der Waals surface area contributed by atoms with Gasteiger partial charge in [0.1, 0.15) is 17.4 Å². The summed E-state index contributed by atoms with van der Waals surface area (Å²) in [5.74, 6) is -0.554. The summed E-state index contributed by atoms with van der Waals surface area (Å²) in [5.41, 5.74) is -0.424. The van der Waals surface area contributed by atoms with Gasteiger partial charge in [-0.3, -0.25) is 14.2 Å². The number of hydrogen-bond acceptors (Lipinski definition) is 6. The molecule has 0 saturated heterocycles. The minimum atomic E-state index is -0.621. The molecule has 0 saturated carbocycles. The Balaban J connectivity index is 2.52. The number of benzene rings is 1. The summed E-state index contributed by atoms with van der Waals surface area (Å²) in [6.07, 6.45) is 1.26. The molecule has 0 bridgehead atoms. The van der Waals surface area contributed by atoms with Crippen LogP contribution in [0.15, 0.2) is 29.1 Å². The van der Waals surface area contributed by atoms with Crippen LogP contribution in [0.2, 0.25) is 0 Å². The molecule has 7 nitrogen and oxygen atoms in total. The van der Waals surface area contributed by atoms with Crippen LogP contribution in [0.25, 0.3) is 0 Å². The predicted octanol–water partition coefficient (Wildman–Crippen LogP) is 3.57. The summed E-state index contributed by atoms with van der Waals surface area (Å²) < 4.78 is 12.2. The molecule has 0 amide bonds. The fourth-order valence-electron chi connectivity index (χ4n) is 3.10. The number of hydrogen-bond donors (Lipinski definition) is 1. The average Bonchev–Trinajstić information content (AvgIpc) is 2.71. The molecule has 0 aliphatic rings. The van der Waals surface area contributed by atoms with E-state index in [2.05, 4.69) is 0 Å². The number of rotatable bonds is 10. The lowest BCUT2D eigenvalue weighted by molar-refractivity contribution is 0.0743. The highest BCUT2D eigenvalue weighted by Gasteiger charge is 2.26. The summed E-state index contributed by atoms with van der Waals surface area (Å²) in [6.45, 7) is 8.20. The van der Waals surface area contributed by atoms with E-state index in [-0.39, 0.29) is 34.9 Å². The third-order valence-corrected chi connectivity index (χ3v) is 4.60. The number of pyridine rings is 1. The van der Waals surface area contributed by atoms with Crippen LogP contribution < -0.4 is 10.3 Å². The van der Waals surface area contributed by atoms with E-state index >= 15 is 0 Å².